The summed E-state index contributed by atoms with van der Waals surface area (Å²) in [7, 11) is 5.52. The Hall–Kier alpha value is -2.39. The monoisotopic (exact) mass is 379 g/mol. The molecule has 1 atom stereocenters. The number of carbonyl (C=O) groups excluding carboxylic acids is 2. The molecule has 1 fully saturated rings. The average molecular weight is 379 g/mol. The van der Waals surface area contributed by atoms with Crippen LogP contribution in [0.15, 0.2) is 24.3 Å². The van der Waals surface area contributed by atoms with E-state index in [2.05, 4.69) is 21.0 Å². The zero-order chi connectivity index (χ0) is 19.3. The van der Waals surface area contributed by atoms with Crippen LogP contribution in [0, 0.1) is 0 Å². The molecule has 1 aliphatic rings. The van der Waals surface area contributed by atoms with Gasteiger partial charge in [0.1, 0.15) is 11.3 Å². The fraction of sp³-hybridized carbons (Fsp3) is 0.471. The molecule has 0 aromatic heterocycles. The highest BCUT2D eigenvalue weighted by atomic mass is 32.1. The van der Waals surface area contributed by atoms with Crippen LogP contribution in [0.2, 0.25) is 0 Å². The summed E-state index contributed by atoms with van der Waals surface area (Å²) in [6.07, 6.45) is 0.885. The predicted octanol–water partition coefficient (Wildman–Crippen LogP) is 0.793. The van der Waals surface area contributed by atoms with Crippen molar-refractivity contribution in [1.29, 1.82) is 0 Å². The predicted molar refractivity (Wildman–Crippen MR) is 103 cm³/mol. The van der Waals surface area contributed by atoms with Crippen molar-refractivity contribution in [2.75, 3.05) is 34.3 Å². The number of hydrogen-bond acceptors (Lipinski definition) is 5. The van der Waals surface area contributed by atoms with Crippen molar-refractivity contribution in [3.63, 3.8) is 0 Å². The van der Waals surface area contributed by atoms with Crippen LogP contribution in [0.1, 0.15) is 18.9 Å². The zero-order valence-corrected chi connectivity index (χ0v) is 16.3. The van der Waals surface area contributed by atoms with E-state index in [1.54, 1.807) is 38.3 Å². The Morgan fingerprint density at radius 2 is 2.12 bits per heavy atom. The van der Waals surface area contributed by atoms with Gasteiger partial charge in [-0.2, -0.15) is 5.01 Å². The van der Waals surface area contributed by atoms with E-state index in [-0.39, 0.29) is 5.11 Å². The van der Waals surface area contributed by atoms with E-state index in [9.17, 15) is 9.59 Å². The van der Waals surface area contributed by atoms with Gasteiger partial charge in [0.2, 0.25) is 0 Å². The lowest BCUT2D eigenvalue weighted by Gasteiger charge is -2.23. The molecular formula is C17H25N5O3S. The Balaban J connectivity index is 2.02. The highest BCUT2D eigenvalue weighted by Gasteiger charge is 2.49. The van der Waals surface area contributed by atoms with Crippen molar-refractivity contribution in [2.45, 2.75) is 18.9 Å². The SMILES string of the molecule is COc1cccc([C@]2(C)NC(=O)N(NC(=S)NCCCN(C)C)C2=O)c1. The molecule has 3 amide bonds. The number of nitrogens with zero attached hydrogens (tertiary/aromatic N) is 2. The molecule has 142 valence electrons. The van der Waals surface area contributed by atoms with Gasteiger partial charge in [-0.1, -0.05) is 12.1 Å². The summed E-state index contributed by atoms with van der Waals surface area (Å²) in [5, 5.41) is 6.83. The Morgan fingerprint density at radius 1 is 1.38 bits per heavy atom. The van der Waals surface area contributed by atoms with Crippen LogP contribution in [0.3, 0.4) is 0 Å². The molecule has 8 nitrogen and oxygen atoms in total. The van der Waals surface area contributed by atoms with Crippen molar-refractivity contribution >= 4 is 29.3 Å². The number of imide groups is 1. The van der Waals surface area contributed by atoms with Crippen molar-refractivity contribution in [3.8, 4) is 5.75 Å². The van der Waals surface area contributed by atoms with E-state index in [0.717, 1.165) is 18.0 Å². The van der Waals surface area contributed by atoms with Crippen molar-refractivity contribution < 1.29 is 14.3 Å². The highest BCUT2D eigenvalue weighted by Crippen LogP contribution is 2.30. The number of nitrogens with one attached hydrogen (secondary N) is 3. The summed E-state index contributed by atoms with van der Waals surface area (Å²) < 4.78 is 5.20. The molecule has 3 N–H and O–H groups in total. The largest absolute Gasteiger partial charge is 0.497 e. The van der Waals surface area contributed by atoms with Gasteiger partial charge in [-0.05, 0) is 63.9 Å². The minimum Gasteiger partial charge on any atom is -0.497 e. The molecule has 1 saturated heterocycles. The Bertz CT molecular complexity index is 697. The maximum atomic E-state index is 12.8. The smallest absolute Gasteiger partial charge is 0.344 e. The third-order valence-electron chi connectivity index (χ3n) is 4.12. The van der Waals surface area contributed by atoms with E-state index in [0.29, 0.717) is 17.9 Å². The lowest BCUT2D eigenvalue weighted by Crippen LogP contribution is -2.51. The van der Waals surface area contributed by atoms with Crippen LogP contribution in [-0.4, -0.2) is 61.3 Å². The van der Waals surface area contributed by atoms with Crippen LogP contribution >= 0.6 is 12.2 Å². The first-order valence-corrected chi connectivity index (χ1v) is 8.69. The molecular weight excluding hydrogens is 354 g/mol. The lowest BCUT2D eigenvalue weighted by atomic mass is 9.92. The second kappa shape index (κ2) is 8.33. The Labute approximate surface area is 158 Å². The highest BCUT2D eigenvalue weighted by molar-refractivity contribution is 7.80. The van der Waals surface area contributed by atoms with E-state index in [1.807, 2.05) is 14.1 Å². The Morgan fingerprint density at radius 3 is 2.77 bits per heavy atom. The summed E-state index contributed by atoms with van der Waals surface area (Å²) in [5.74, 6) is 0.170. The lowest BCUT2D eigenvalue weighted by molar-refractivity contribution is -0.132. The zero-order valence-electron chi connectivity index (χ0n) is 15.5. The summed E-state index contributed by atoms with van der Waals surface area (Å²) >= 11 is 5.18. The molecule has 1 heterocycles. The molecule has 1 aliphatic heterocycles. The number of rotatable bonds is 7. The van der Waals surface area contributed by atoms with Gasteiger partial charge in [0.25, 0.3) is 5.91 Å². The second-order valence-corrected chi connectivity index (χ2v) is 6.86. The molecule has 1 aromatic rings. The van der Waals surface area contributed by atoms with Gasteiger partial charge in [0.15, 0.2) is 5.11 Å². The van der Waals surface area contributed by atoms with Crippen LogP contribution in [0.5, 0.6) is 5.75 Å². The van der Waals surface area contributed by atoms with Crippen LogP contribution < -0.4 is 20.8 Å². The summed E-state index contributed by atoms with van der Waals surface area (Å²) in [5.41, 5.74) is 2.10. The number of hydrogen-bond donors (Lipinski definition) is 3. The normalized spacial score (nSPS) is 19.5. The summed E-state index contributed by atoms with van der Waals surface area (Å²) in [4.78, 5) is 27.2. The van der Waals surface area contributed by atoms with Gasteiger partial charge in [0.05, 0.1) is 7.11 Å². The topological polar surface area (TPSA) is 85.9 Å². The fourth-order valence-electron chi connectivity index (χ4n) is 2.61. The molecule has 0 radical (unpaired) electrons. The van der Waals surface area contributed by atoms with Crippen LogP contribution in [-0.2, 0) is 10.3 Å². The third kappa shape index (κ3) is 4.41. The van der Waals surface area contributed by atoms with Gasteiger partial charge in [-0.3, -0.25) is 10.2 Å². The van der Waals surface area contributed by atoms with Gasteiger partial charge in [-0.25, -0.2) is 4.79 Å². The molecule has 0 unspecified atom stereocenters. The molecule has 0 saturated carbocycles. The van der Waals surface area contributed by atoms with Gasteiger partial charge >= 0.3 is 6.03 Å². The first kappa shape index (κ1) is 19.9. The minimum atomic E-state index is -1.20. The number of amides is 3. The minimum absolute atomic E-state index is 0.224. The van der Waals surface area contributed by atoms with Crippen molar-refractivity contribution in [1.82, 2.24) is 26.0 Å². The fourth-order valence-corrected chi connectivity index (χ4v) is 2.80. The molecule has 1 aromatic carbocycles. The van der Waals surface area contributed by atoms with Crippen LogP contribution in [0.25, 0.3) is 0 Å². The number of carbonyl (C=O) groups is 2. The Kier molecular flexibility index (Phi) is 6.38. The van der Waals surface area contributed by atoms with Gasteiger partial charge in [0, 0.05) is 6.54 Å². The molecule has 0 aliphatic carbocycles. The standard InChI is InChI=1S/C17H25N5O3S/c1-17(12-7-5-8-13(11-12)25-4)14(23)22(16(24)19-17)20-15(26)18-9-6-10-21(2)3/h5,7-8,11H,6,9-10H2,1-4H3,(H,19,24)(H2,18,20,26)/t17-/m0/s1. The second-order valence-electron chi connectivity index (χ2n) is 6.45. The summed E-state index contributed by atoms with van der Waals surface area (Å²) in [6.45, 7) is 3.20. The molecule has 0 spiro atoms. The number of benzene rings is 1. The first-order valence-electron chi connectivity index (χ1n) is 8.28. The average Bonchev–Trinajstić information content (AvgIpc) is 2.83. The molecule has 2 rings (SSSR count). The van der Waals surface area contributed by atoms with Crippen molar-refractivity contribution in [3.05, 3.63) is 29.8 Å². The maximum Gasteiger partial charge on any atom is 0.344 e. The number of thiocarbonyl (C=S) groups is 1. The van der Waals surface area contributed by atoms with Gasteiger partial charge in [-0.15, -0.1) is 0 Å². The summed E-state index contributed by atoms with van der Waals surface area (Å²) in [6, 6.07) is 6.47. The molecule has 0 bridgehead atoms. The number of ether oxygens (including phenoxy) is 1. The molecule has 9 heteroatoms. The quantitative estimate of drug-likeness (QED) is 0.367. The maximum absolute atomic E-state index is 12.8. The molecule has 26 heavy (non-hydrogen) atoms. The number of hydrazine groups is 1. The van der Waals surface area contributed by atoms with Gasteiger partial charge < -0.3 is 20.3 Å². The van der Waals surface area contributed by atoms with E-state index >= 15 is 0 Å². The third-order valence-corrected chi connectivity index (χ3v) is 4.35. The first-order chi connectivity index (χ1) is 12.3. The number of methoxy groups -OCH3 is 1. The number of urea groups is 1. The van der Waals surface area contributed by atoms with E-state index < -0.39 is 17.5 Å². The van der Waals surface area contributed by atoms with Crippen molar-refractivity contribution in [2.24, 2.45) is 0 Å². The van der Waals surface area contributed by atoms with E-state index in [4.69, 9.17) is 17.0 Å². The van der Waals surface area contributed by atoms with E-state index in [1.165, 1.54) is 0 Å². The van der Waals surface area contributed by atoms with Crippen LogP contribution in [0.4, 0.5) is 4.79 Å².